The largest absolute Gasteiger partial charge is 0.348 e. The van der Waals surface area contributed by atoms with Crippen LogP contribution in [0.1, 0.15) is 48.5 Å². The number of carbonyl (C=O) groups is 1. The second-order valence-corrected chi connectivity index (χ2v) is 9.24. The minimum Gasteiger partial charge on any atom is -0.348 e. The van der Waals surface area contributed by atoms with Gasteiger partial charge in [-0.1, -0.05) is 18.9 Å². The lowest BCUT2D eigenvalue weighted by Gasteiger charge is -2.20. The van der Waals surface area contributed by atoms with Crippen molar-refractivity contribution in [3.63, 3.8) is 0 Å². The summed E-state index contributed by atoms with van der Waals surface area (Å²) >= 11 is 0. The molecule has 0 heterocycles. The molecule has 162 valence electrons. The van der Waals surface area contributed by atoms with Crippen molar-refractivity contribution in [1.29, 1.82) is 0 Å². The van der Waals surface area contributed by atoms with Crippen LogP contribution in [0.15, 0.2) is 41.3 Å². The van der Waals surface area contributed by atoms with Crippen LogP contribution in [0.25, 0.3) is 0 Å². The standard InChI is InChI=1S/C21H23F3N2O3S/c1-13(15-4-2-3-5-15)26-30(28,29)16-7-9-18(22)17(11-16)21(27)25-12-14-6-8-19(23)20(24)10-14/h6-11,13,15,26H,2-5,12H2,1H3,(H,25,27)/t13-/m1/s1. The van der Waals surface area contributed by atoms with E-state index in [1.165, 1.54) is 6.07 Å². The lowest BCUT2D eigenvalue weighted by Crippen LogP contribution is -2.37. The Labute approximate surface area is 173 Å². The second kappa shape index (κ2) is 9.18. The summed E-state index contributed by atoms with van der Waals surface area (Å²) in [5.41, 5.74) is -0.174. The Hall–Kier alpha value is -2.39. The molecule has 0 unspecified atom stereocenters. The predicted molar refractivity (Wildman–Crippen MR) is 106 cm³/mol. The zero-order chi connectivity index (χ0) is 21.9. The van der Waals surface area contributed by atoms with Crippen molar-refractivity contribution in [2.45, 2.75) is 50.1 Å². The van der Waals surface area contributed by atoms with Gasteiger partial charge in [-0.05, 0) is 61.6 Å². The minimum absolute atomic E-state index is 0.177. The highest BCUT2D eigenvalue weighted by Crippen LogP contribution is 2.28. The lowest BCUT2D eigenvalue weighted by atomic mass is 10.0. The molecule has 9 heteroatoms. The summed E-state index contributed by atoms with van der Waals surface area (Å²) in [5, 5.41) is 2.38. The first-order chi connectivity index (χ1) is 14.2. The maximum atomic E-state index is 14.2. The molecule has 5 nitrogen and oxygen atoms in total. The Morgan fingerprint density at radius 2 is 1.70 bits per heavy atom. The molecule has 1 atom stereocenters. The summed E-state index contributed by atoms with van der Waals surface area (Å²) in [4.78, 5) is 12.2. The average molecular weight is 440 g/mol. The first kappa shape index (κ1) is 22.3. The molecule has 0 radical (unpaired) electrons. The molecule has 3 rings (SSSR count). The average Bonchev–Trinajstić information content (AvgIpc) is 3.23. The zero-order valence-electron chi connectivity index (χ0n) is 16.4. The number of rotatable bonds is 7. The summed E-state index contributed by atoms with van der Waals surface area (Å²) < 4.78 is 68.4. The smallest absolute Gasteiger partial charge is 0.254 e. The quantitative estimate of drug-likeness (QED) is 0.686. The summed E-state index contributed by atoms with van der Waals surface area (Å²) in [7, 11) is -3.94. The van der Waals surface area contributed by atoms with Crippen molar-refractivity contribution >= 4 is 15.9 Å². The third-order valence-corrected chi connectivity index (χ3v) is 6.93. The normalized spacial score (nSPS) is 15.9. The maximum Gasteiger partial charge on any atom is 0.254 e. The fraction of sp³-hybridized carbons (Fsp3) is 0.381. The van der Waals surface area contributed by atoms with Gasteiger partial charge in [-0.3, -0.25) is 4.79 Å². The molecule has 1 aliphatic rings. The summed E-state index contributed by atoms with van der Waals surface area (Å²) in [6.45, 7) is 1.62. The molecule has 0 aromatic heterocycles. The molecule has 0 aliphatic heterocycles. The molecule has 0 spiro atoms. The molecule has 30 heavy (non-hydrogen) atoms. The van der Waals surface area contributed by atoms with Gasteiger partial charge in [-0.2, -0.15) is 0 Å². The predicted octanol–water partition coefficient (Wildman–Crippen LogP) is 3.89. The first-order valence-electron chi connectivity index (χ1n) is 9.71. The van der Waals surface area contributed by atoms with Crippen LogP contribution in [0.3, 0.4) is 0 Å². The number of hydrogen-bond acceptors (Lipinski definition) is 3. The number of carbonyl (C=O) groups excluding carboxylic acids is 1. The Balaban J connectivity index is 1.73. The summed E-state index contributed by atoms with van der Waals surface area (Å²) in [5.74, 6) is -3.59. The van der Waals surface area contributed by atoms with Gasteiger partial charge in [0.15, 0.2) is 11.6 Å². The van der Waals surface area contributed by atoms with E-state index in [0.717, 1.165) is 56.0 Å². The van der Waals surface area contributed by atoms with Crippen LogP contribution in [-0.2, 0) is 16.6 Å². The Kier molecular flexibility index (Phi) is 6.82. The van der Waals surface area contributed by atoms with Gasteiger partial charge in [-0.15, -0.1) is 0 Å². The van der Waals surface area contributed by atoms with Crippen molar-refractivity contribution in [1.82, 2.24) is 10.0 Å². The molecule has 1 amide bonds. The fourth-order valence-electron chi connectivity index (χ4n) is 3.64. The zero-order valence-corrected chi connectivity index (χ0v) is 17.2. The van der Waals surface area contributed by atoms with Gasteiger partial charge in [0.25, 0.3) is 5.91 Å². The van der Waals surface area contributed by atoms with Crippen molar-refractivity contribution in [2.75, 3.05) is 0 Å². The Morgan fingerprint density at radius 3 is 2.37 bits per heavy atom. The molecule has 0 bridgehead atoms. The van der Waals surface area contributed by atoms with Crippen LogP contribution in [-0.4, -0.2) is 20.4 Å². The highest BCUT2D eigenvalue weighted by molar-refractivity contribution is 7.89. The van der Waals surface area contributed by atoms with Crippen LogP contribution in [0.5, 0.6) is 0 Å². The number of benzene rings is 2. The lowest BCUT2D eigenvalue weighted by molar-refractivity contribution is 0.0946. The molecule has 2 aromatic rings. The van der Waals surface area contributed by atoms with E-state index >= 15 is 0 Å². The topological polar surface area (TPSA) is 75.3 Å². The van der Waals surface area contributed by atoms with E-state index in [-0.39, 0.29) is 29.0 Å². The van der Waals surface area contributed by atoms with Crippen molar-refractivity contribution in [3.05, 3.63) is 65.0 Å². The van der Waals surface area contributed by atoms with E-state index in [1.54, 1.807) is 6.92 Å². The van der Waals surface area contributed by atoms with Gasteiger partial charge in [0.1, 0.15) is 5.82 Å². The molecule has 2 aromatic carbocycles. The van der Waals surface area contributed by atoms with Crippen LogP contribution in [0.4, 0.5) is 13.2 Å². The maximum absolute atomic E-state index is 14.2. The number of halogens is 3. The van der Waals surface area contributed by atoms with Gasteiger partial charge in [0, 0.05) is 12.6 Å². The summed E-state index contributed by atoms with van der Waals surface area (Å²) in [6.07, 6.45) is 4.03. The molecule has 1 aliphatic carbocycles. The molecule has 1 fully saturated rings. The van der Waals surface area contributed by atoms with Crippen LogP contribution >= 0.6 is 0 Å². The molecule has 0 saturated heterocycles. The number of nitrogens with one attached hydrogen (secondary N) is 2. The fourth-order valence-corrected chi connectivity index (χ4v) is 4.98. The highest BCUT2D eigenvalue weighted by Gasteiger charge is 2.27. The monoisotopic (exact) mass is 440 g/mol. The molecular weight excluding hydrogens is 417 g/mol. The first-order valence-corrected chi connectivity index (χ1v) is 11.2. The molecule has 2 N–H and O–H groups in total. The number of amides is 1. The van der Waals surface area contributed by atoms with Gasteiger partial charge < -0.3 is 5.32 Å². The van der Waals surface area contributed by atoms with Crippen LogP contribution < -0.4 is 10.0 Å². The van der Waals surface area contributed by atoms with Gasteiger partial charge >= 0.3 is 0 Å². The third-order valence-electron chi connectivity index (χ3n) is 5.38. The van der Waals surface area contributed by atoms with E-state index in [2.05, 4.69) is 10.0 Å². The van der Waals surface area contributed by atoms with Crippen LogP contribution in [0.2, 0.25) is 0 Å². The van der Waals surface area contributed by atoms with E-state index in [1.807, 2.05) is 0 Å². The van der Waals surface area contributed by atoms with E-state index < -0.39 is 38.9 Å². The van der Waals surface area contributed by atoms with Crippen molar-refractivity contribution in [2.24, 2.45) is 5.92 Å². The van der Waals surface area contributed by atoms with E-state index in [0.29, 0.717) is 0 Å². The third kappa shape index (κ3) is 5.20. The van der Waals surface area contributed by atoms with E-state index in [4.69, 9.17) is 0 Å². The molecular formula is C21H23F3N2O3S. The minimum atomic E-state index is -3.94. The van der Waals surface area contributed by atoms with Gasteiger partial charge in [0.2, 0.25) is 10.0 Å². The molecule has 1 saturated carbocycles. The van der Waals surface area contributed by atoms with E-state index in [9.17, 15) is 26.4 Å². The van der Waals surface area contributed by atoms with Gasteiger partial charge in [-0.25, -0.2) is 26.3 Å². The SMILES string of the molecule is C[C@@H](NS(=O)(=O)c1ccc(F)c(C(=O)NCc2ccc(F)c(F)c2)c1)C1CCCC1. The summed E-state index contributed by atoms with van der Waals surface area (Å²) in [6, 6.07) is 5.84. The Morgan fingerprint density at radius 1 is 1.03 bits per heavy atom. The Bertz CT molecular complexity index is 1040. The second-order valence-electron chi connectivity index (χ2n) is 7.53. The number of sulfonamides is 1. The van der Waals surface area contributed by atoms with Crippen LogP contribution in [0, 0.1) is 23.4 Å². The highest BCUT2D eigenvalue weighted by atomic mass is 32.2. The van der Waals surface area contributed by atoms with Crippen molar-refractivity contribution < 1.29 is 26.4 Å². The van der Waals surface area contributed by atoms with Crippen molar-refractivity contribution in [3.8, 4) is 0 Å². The van der Waals surface area contributed by atoms with Gasteiger partial charge in [0.05, 0.1) is 10.5 Å². The number of hydrogen-bond donors (Lipinski definition) is 2.